The van der Waals surface area contributed by atoms with Crippen LogP contribution in [0, 0.1) is 0 Å². The van der Waals surface area contributed by atoms with E-state index in [9.17, 15) is 41.9 Å². The Morgan fingerprint density at radius 1 is 1.02 bits per heavy atom. The molecule has 2 amide bonds. The Kier molecular flexibility index (Phi) is 17.3. The van der Waals surface area contributed by atoms with Crippen LogP contribution in [0.4, 0.5) is 13.2 Å². The molecule has 0 aromatic rings. The maximum absolute atomic E-state index is 13.9. The predicted molar refractivity (Wildman–Crippen MR) is 171 cm³/mol. The molecule has 0 aromatic carbocycles. The van der Waals surface area contributed by atoms with Gasteiger partial charge in [-0.05, 0) is 11.6 Å². The average molecular weight is 717 g/mol. The molecular formula is C32H39F3N2O11S. The van der Waals surface area contributed by atoms with Crippen molar-refractivity contribution in [2.45, 2.75) is 69.1 Å². The molecule has 0 saturated carbocycles. The topological polar surface area (TPSA) is 173 Å². The number of esters is 4. The van der Waals surface area contributed by atoms with Gasteiger partial charge < -0.3 is 34.3 Å². The molecule has 0 radical (unpaired) electrons. The lowest BCUT2D eigenvalue weighted by Gasteiger charge is -2.47. The van der Waals surface area contributed by atoms with Crippen molar-refractivity contribution in [3.8, 4) is 0 Å². The second-order valence-corrected chi connectivity index (χ2v) is 11.6. The molecule has 2 N–H and O–H groups in total. The summed E-state index contributed by atoms with van der Waals surface area (Å²) in [6, 6.07) is -1.43. The van der Waals surface area contributed by atoms with Crippen molar-refractivity contribution in [1.82, 2.24) is 10.6 Å². The van der Waals surface area contributed by atoms with E-state index in [-0.39, 0.29) is 6.61 Å². The summed E-state index contributed by atoms with van der Waals surface area (Å²) in [6.45, 7) is 15.9. The molecule has 49 heavy (non-hydrogen) atoms. The van der Waals surface area contributed by atoms with Gasteiger partial charge >= 0.3 is 36.0 Å². The van der Waals surface area contributed by atoms with Crippen LogP contribution in [0.5, 0.6) is 0 Å². The van der Waals surface area contributed by atoms with Crippen LogP contribution < -0.4 is 10.6 Å². The zero-order valence-corrected chi connectivity index (χ0v) is 28.0. The molecule has 0 aliphatic carbocycles. The number of carbonyl (C=O) groups excluding carboxylic acids is 6. The highest BCUT2D eigenvalue weighted by molar-refractivity contribution is 8.05. The first-order valence-electron chi connectivity index (χ1n) is 14.5. The summed E-state index contributed by atoms with van der Waals surface area (Å²) >= 11 is 0.779. The Balaban J connectivity index is 3.78. The number of amides is 2. The van der Waals surface area contributed by atoms with Gasteiger partial charge in [0.2, 0.25) is 10.8 Å². The number of hydrogen-bond donors (Lipinski definition) is 2. The molecule has 1 aliphatic heterocycles. The van der Waals surface area contributed by atoms with E-state index in [1.807, 2.05) is 0 Å². The fourth-order valence-corrected chi connectivity index (χ4v) is 5.46. The summed E-state index contributed by atoms with van der Waals surface area (Å²) in [5.74, 6) is -6.99. The highest BCUT2D eigenvalue weighted by atomic mass is 32.2. The van der Waals surface area contributed by atoms with Crippen molar-refractivity contribution in [3.05, 3.63) is 73.3 Å². The van der Waals surface area contributed by atoms with Gasteiger partial charge in [0, 0.05) is 38.5 Å². The third-order valence-electron chi connectivity index (χ3n) is 6.16. The number of rotatable bonds is 18. The smallest absolute Gasteiger partial charge is 0.462 e. The average Bonchev–Trinajstić information content (AvgIpc) is 3.00. The van der Waals surface area contributed by atoms with Gasteiger partial charge in [-0.1, -0.05) is 68.5 Å². The summed E-state index contributed by atoms with van der Waals surface area (Å²) in [7, 11) is 0. The number of hydrogen-bond acceptors (Lipinski definition) is 12. The van der Waals surface area contributed by atoms with Gasteiger partial charge in [-0.2, -0.15) is 13.2 Å². The third kappa shape index (κ3) is 15.0. The van der Waals surface area contributed by atoms with Crippen molar-refractivity contribution in [2.24, 2.45) is 0 Å². The van der Waals surface area contributed by atoms with Crippen LogP contribution in [-0.2, 0) is 52.5 Å². The molecule has 5 atom stereocenters. The van der Waals surface area contributed by atoms with Gasteiger partial charge in [-0.3, -0.25) is 24.0 Å². The van der Waals surface area contributed by atoms with Crippen molar-refractivity contribution < 1.29 is 65.6 Å². The number of allylic oxidation sites excluding steroid dienone is 5. The SMILES string of the molecule is C=C/C=C\C(=C)COC(=O)C1(S/C(C=C)=C/C=C)C[C@@H](OC(C)=O)C(NC(=O)CNC(=O)C(F)(F)F)C(CC(COC(C)=O)OC(C)=O)O1. The van der Waals surface area contributed by atoms with Crippen LogP contribution in [0.1, 0.15) is 33.6 Å². The Morgan fingerprint density at radius 3 is 2.22 bits per heavy atom. The standard InChI is InChI=1S/C32H39F3N2O11S/c1-8-11-13-19(4)17-45-30(43)31(49-24(10-3)12-9-2)15-26(47-22(7)40)28(37-27(41)16-36-29(42)32(33,34)35)25(48-31)14-23(46-21(6)39)18-44-20(5)38/h8-13,23,25-26,28H,1-4,14-18H2,5-7H3,(H,36,42)(H,37,41)/b13-11-,24-12+/t23?,25?,26-,28?,31?/m1/s1. The van der Waals surface area contributed by atoms with E-state index in [1.54, 1.807) is 6.08 Å². The second-order valence-electron chi connectivity index (χ2n) is 10.2. The minimum absolute atomic E-state index is 0.325. The summed E-state index contributed by atoms with van der Waals surface area (Å²) in [5, 5.41) is 3.81. The molecule has 0 bridgehead atoms. The maximum Gasteiger partial charge on any atom is 0.471 e. The van der Waals surface area contributed by atoms with Gasteiger partial charge in [0.25, 0.3) is 0 Å². The lowest BCUT2D eigenvalue weighted by atomic mass is 9.91. The van der Waals surface area contributed by atoms with Gasteiger partial charge in [-0.15, -0.1) is 0 Å². The molecule has 1 saturated heterocycles. The fourth-order valence-electron chi connectivity index (χ4n) is 4.27. The van der Waals surface area contributed by atoms with Crippen LogP contribution in [0.3, 0.4) is 0 Å². The highest BCUT2D eigenvalue weighted by Gasteiger charge is 2.56. The van der Waals surface area contributed by atoms with E-state index in [4.69, 9.17) is 23.7 Å². The summed E-state index contributed by atoms with van der Waals surface area (Å²) in [5.41, 5.74) is 0.352. The molecule has 270 valence electrons. The normalized spacial score (nSPS) is 21.3. The largest absolute Gasteiger partial charge is 0.471 e. The molecule has 0 aromatic heterocycles. The van der Waals surface area contributed by atoms with E-state index in [0.29, 0.717) is 10.5 Å². The number of carbonyl (C=O) groups is 6. The van der Waals surface area contributed by atoms with Crippen molar-refractivity contribution in [2.75, 3.05) is 19.8 Å². The Labute approximate surface area is 285 Å². The second kappa shape index (κ2) is 20.0. The van der Waals surface area contributed by atoms with Gasteiger partial charge in [-0.25, -0.2) is 4.79 Å². The Morgan fingerprint density at radius 2 is 1.69 bits per heavy atom. The van der Waals surface area contributed by atoms with Crippen molar-refractivity contribution in [3.63, 3.8) is 0 Å². The third-order valence-corrected chi connectivity index (χ3v) is 7.46. The number of alkyl halides is 3. The molecule has 0 spiro atoms. The number of halogens is 3. The van der Waals surface area contributed by atoms with Crippen molar-refractivity contribution >= 4 is 47.5 Å². The molecule has 1 aliphatic rings. The fraction of sp³-hybridized carbons (Fsp3) is 0.438. The quantitative estimate of drug-likeness (QED) is 0.121. The van der Waals surface area contributed by atoms with E-state index < -0.39 is 97.1 Å². The van der Waals surface area contributed by atoms with Crippen LogP contribution in [0.2, 0.25) is 0 Å². The van der Waals surface area contributed by atoms with Crippen LogP contribution in [0.15, 0.2) is 73.3 Å². The number of nitrogens with one attached hydrogen (secondary N) is 2. The minimum Gasteiger partial charge on any atom is -0.462 e. The molecule has 13 nitrogen and oxygen atoms in total. The molecule has 1 heterocycles. The zero-order valence-electron chi connectivity index (χ0n) is 27.2. The first kappa shape index (κ1) is 42.4. The summed E-state index contributed by atoms with van der Waals surface area (Å²) in [6.07, 6.45) is -1.59. The van der Waals surface area contributed by atoms with Gasteiger partial charge in [0.05, 0.1) is 18.7 Å². The molecule has 1 fully saturated rings. The predicted octanol–water partition coefficient (Wildman–Crippen LogP) is 3.28. The Hall–Kier alpha value is -4.64. The molecular weight excluding hydrogens is 677 g/mol. The number of thioether (sulfide) groups is 1. The lowest BCUT2D eigenvalue weighted by Crippen LogP contribution is -2.64. The maximum atomic E-state index is 13.9. The first-order valence-corrected chi connectivity index (χ1v) is 15.3. The zero-order chi connectivity index (χ0) is 37.4. The molecule has 1 rings (SSSR count). The van der Waals surface area contributed by atoms with E-state index >= 15 is 0 Å². The molecule has 4 unspecified atom stereocenters. The first-order chi connectivity index (χ1) is 22.9. The van der Waals surface area contributed by atoms with Crippen LogP contribution >= 0.6 is 11.8 Å². The van der Waals surface area contributed by atoms with E-state index in [1.165, 1.54) is 35.7 Å². The minimum atomic E-state index is -5.28. The number of ether oxygens (including phenoxy) is 5. The summed E-state index contributed by atoms with van der Waals surface area (Å²) in [4.78, 5) is 72.2. The van der Waals surface area contributed by atoms with Crippen molar-refractivity contribution in [1.29, 1.82) is 0 Å². The van der Waals surface area contributed by atoms with E-state index in [2.05, 4.69) is 31.6 Å². The lowest BCUT2D eigenvalue weighted by molar-refractivity contribution is -0.197. The Bertz CT molecular complexity index is 1360. The monoisotopic (exact) mass is 716 g/mol. The van der Waals surface area contributed by atoms with Gasteiger partial charge in [0.15, 0.2) is 0 Å². The highest BCUT2D eigenvalue weighted by Crippen LogP contribution is 2.45. The van der Waals surface area contributed by atoms with Gasteiger partial charge in [0.1, 0.15) is 25.4 Å². The van der Waals surface area contributed by atoms with Crippen LogP contribution in [0.25, 0.3) is 0 Å². The van der Waals surface area contributed by atoms with E-state index in [0.717, 1.165) is 32.5 Å². The summed E-state index contributed by atoms with van der Waals surface area (Å²) < 4.78 is 65.9. The molecule has 17 heteroatoms. The van der Waals surface area contributed by atoms with Crippen LogP contribution in [-0.4, -0.2) is 90.9 Å².